The number of aromatic nitrogens is 1. The van der Waals surface area contributed by atoms with Gasteiger partial charge in [0.1, 0.15) is 5.76 Å². The van der Waals surface area contributed by atoms with Gasteiger partial charge in [-0.1, -0.05) is 5.16 Å². The van der Waals surface area contributed by atoms with E-state index in [-0.39, 0.29) is 18.2 Å². The van der Waals surface area contributed by atoms with Crippen molar-refractivity contribution in [2.75, 3.05) is 38.5 Å². The van der Waals surface area contributed by atoms with E-state index in [1.165, 1.54) is 0 Å². The van der Waals surface area contributed by atoms with Gasteiger partial charge in [0.25, 0.3) is 5.91 Å². The van der Waals surface area contributed by atoms with Crippen LogP contribution in [0.2, 0.25) is 0 Å². The summed E-state index contributed by atoms with van der Waals surface area (Å²) in [6.07, 6.45) is 0.152. The van der Waals surface area contributed by atoms with Gasteiger partial charge in [0.15, 0.2) is 0 Å². The highest BCUT2D eigenvalue weighted by atomic mass is 16.5. The van der Waals surface area contributed by atoms with Crippen LogP contribution >= 0.6 is 0 Å². The highest BCUT2D eigenvalue weighted by Crippen LogP contribution is 2.13. The first-order chi connectivity index (χ1) is 12.0. The summed E-state index contributed by atoms with van der Waals surface area (Å²) >= 11 is 0. The number of carbonyl (C=O) groups is 2. The molecule has 2 heterocycles. The quantitative estimate of drug-likeness (QED) is 0.912. The fraction of sp³-hybridized carbons (Fsp3) is 0.389. The van der Waals surface area contributed by atoms with E-state index in [4.69, 9.17) is 4.52 Å². The van der Waals surface area contributed by atoms with E-state index in [1.807, 2.05) is 4.90 Å². The van der Waals surface area contributed by atoms with Crippen molar-refractivity contribution in [3.05, 3.63) is 47.3 Å². The summed E-state index contributed by atoms with van der Waals surface area (Å²) in [7, 11) is 2.06. The number of aryl methyl sites for hydroxylation is 1. The number of hydrogen-bond donors (Lipinski definition) is 1. The van der Waals surface area contributed by atoms with Crippen LogP contribution in [0.3, 0.4) is 0 Å². The van der Waals surface area contributed by atoms with Gasteiger partial charge in [-0.25, -0.2) is 0 Å². The van der Waals surface area contributed by atoms with Crippen molar-refractivity contribution >= 4 is 17.5 Å². The minimum absolute atomic E-state index is 0.0315. The van der Waals surface area contributed by atoms with Crippen LogP contribution in [-0.2, 0) is 11.2 Å². The van der Waals surface area contributed by atoms with Crippen molar-refractivity contribution in [2.24, 2.45) is 0 Å². The van der Waals surface area contributed by atoms with Crippen molar-refractivity contribution in [3.8, 4) is 0 Å². The molecule has 1 aromatic heterocycles. The summed E-state index contributed by atoms with van der Waals surface area (Å²) in [6.45, 7) is 5.04. The van der Waals surface area contributed by atoms with E-state index >= 15 is 0 Å². The summed E-state index contributed by atoms with van der Waals surface area (Å²) in [5.41, 5.74) is 1.88. The zero-order valence-corrected chi connectivity index (χ0v) is 14.5. The predicted octanol–water partition coefficient (Wildman–Crippen LogP) is 1.55. The molecule has 132 valence electrons. The SMILES string of the molecule is Cc1cc(CC(=O)Nc2ccc(C(=O)N3CCN(C)CC3)cc2)no1. The van der Waals surface area contributed by atoms with Crippen LogP contribution in [0.5, 0.6) is 0 Å². The number of piperazine rings is 1. The Balaban J connectivity index is 1.56. The van der Waals surface area contributed by atoms with Crippen molar-refractivity contribution in [2.45, 2.75) is 13.3 Å². The molecule has 1 aliphatic rings. The molecule has 2 aromatic rings. The van der Waals surface area contributed by atoms with E-state index in [2.05, 4.69) is 22.4 Å². The first-order valence-corrected chi connectivity index (χ1v) is 8.31. The Hall–Kier alpha value is -2.67. The fourth-order valence-electron chi connectivity index (χ4n) is 2.76. The lowest BCUT2D eigenvalue weighted by Gasteiger charge is -2.32. The molecule has 3 rings (SSSR count). The standard InChI is InChI=1S/C18H22N4O3/c1-13-11-16(20-25-13)12-17(23)19-15-5-3-14(4-6-15)18(24)22-9-7-21(2)8-10-22/h3-6,11H,7-10,12H2,1-2H3,(H,19,23). The van der Waals surface area contributed by atoms with Crippen LogP contribution in [-0.4, -0.2) is 60.0 Å². The van der Waals surface area contributed by atoms with Gasteiger partial charge in [-0.3, -0.25) is 9.59 Å². The number of anilines is 1. The van der Waals surface area contributed by atoms with Gasteiger partial charge >= 0.3 is 0 Å². The molecular formula is C18H22N4O3. The summed E-state index contributed by atoms with van der Waals surface area (Å²) in [6, 6.07) is 8.72. The van der Waals surface area contributed by atoms with Crippen molar-refractivity contribution < 1.29 is 14.1 Å². The molecule has 25 heavy (non-hydrogen) atoms. The minimum atomic E-state index is -0.175. The van der Waals surface area contributed by atoms with Crippen molar-refractivity contribution in [3.63, 3.8) is 0 Å². The molecule has 7 heteroatoms. The highest BCUT2D eigenvalue weighted by molar-refractivity contribution is 5.96. The second-order valence-electron chi connectivity index (χ2n) is 6.33. The number of nitrogens with zero attached hydrogens (tertiary/aromatic N) is 3. The highest BCUT2D eigenvalue weighted by Gasteiger charge is 2.20. The monoisotopic (exact) mass is 342 g/mol. The van der Waals surface area contributed by atoms with Gasteiger partial charge in [0.05, 0.1) is 12.1 Å². The summed E-state index contributed by atoms with van der Waals surface area (Å²) in [5.74, 6) is 0.532. The number of likely N-dealkylation sites (N-methyl/N-ethyl adjacent to an activating group) is 1. The third-order valence-electron chi connectivity index (χ3n) is 4.22. The molecule has 2 amide bonds. The summed E-state index contributed by atoms with van der Waals surface area (Å²) < 4.78 is 4.95. The molecule has 1 fully saturated rings. The minimum Gasteiger partial charge on any atom is -0.361 e. The van der Waals surface area contributed by atoms with Gasteiger partial charge in [-0.2, -0.15) is 0 Å². The van der Waals surface area contributed by atoms with Gasteiger partial charge in [0.2, 0.25) is 5.91 Å². The molecule has 0 atom stereocenters. The molecule has 0 bridgehead atoms. The number of carbonyl (C=O) groups excluding carboxylic acids is 2. The maximum absolute atomic E-state index is 12.5. The molecule has 0 aliphatic carbocycles. The second kappa shape index (κ2) is 7.48. The lowest BCUT2D eigenvalue weighted by atomic mass is 10.1. The number of rotatable bonds is 4. The van der Waals surface area contributed by atoms with Crippen LogP contribution in [0.15, 0.2) is 34.9 Å². The fourth-order valence-corrected chi connectivity index (χ4v) is 2.76. The molecule has 1 N–H and O–H groups in total. The maximum atomic E-state index is 12.5. The Bertz CT molecular complexity index is 746. The normalized spacial score (nSPS) is 15.2. The molecule has 1 aliphatic heterocycles. The molecule has 0 saturated carbocycles. The first kappa shape index (κ1) is 17.2. The topological polar surface area (TPSA) is 78.7 Å². The van der Waals surface area contributed by atoms with E-state index in [0.29, 0.717) is 22.7 Å². The van der Waals surface area contributed by atoms with Crippen molar-refractivity contribution in [1.29, 1.82) is 0 Å². The lowest BCUT2D eigenvalue weighted by Crippen LogP contribution is -2.47. The number of amides is 2. The van der Waals surface area contributed by atoms with E-state index < -0.39 is 0 Å². The Morgan fingerprint density at radius 1 is 1.16 bits per heavy atom. The Kier molecular flexibility index (Phi) is 5.14. The van der Waals surface area contributed by atoms with Crippen LogP contribution in [0.4, 0.5) is 5.69 Å². The Labute approximate surface area is 146 Å². The molecule has 0 spiro atoms. The van der Waals surface area contributed by atoms with Crippen LogP contribution in [0.25, 0.3) is 0 Å². The average Bonchev–Trinajstić information content (AvgIpc) is 3.00. The summed E-state index contributed by atoms with van der Waals surface area (Å²) in [5, 5.41) is 6.60. The number of nitrogens with one attached hydrogen (secondary N) is 1. The average molecular weight is 342 g/mol. The lowest BCUT2D eigenvalue weighted by molar-refractivity contribution is -0.115. The zero-order chi connectivity index (χ0) is 17.8. The van der Waals surface area contributed by atoms with Crippen LogP contribution in [0, 0.1) is 6.92 Å². The molecule has 7 nitrogen and oxygen atoms in total. The first-order valence-electron chi connectivity index (χ1n) is 8.31. The van der Waals surface area contributed by atoms with Crippen molar-refractivity contribution in [1.82, 2.24) is 15.0 Å². The predicted molar refractivity (Wildman–Crippen MR) is 93.4 cm³/mol. The Morgan fingerprint density at radius 2 is 1.84 bits per heavy atom. The smallest absolute Gasteiger partial charge is 0.253 e. The summed E-state index contributed by atoms with van der Waals surface area (Å²) in [4.78, 5) is 28.6. The zero-order valence-electron chi connectivity index (χ0n) is 14.5. The van der Waals surface area contributed by atoms with Gasteiger partial charge in [-0.05, 0) is 38.2 Å². The molecule has 1 saturated heterocycles. The van der Waals surface area contributed by atoms with Gasteiger partial charge < -0.3 is 19.6 Å². The van der Waals surface area contributed by atoms with Gasteiger partial charge in [-0.15, -0.1) is 0 Å². The maximum Gasteiger partial charge on any atom is 0.253 e. The van der Waals surface area contributed by atoms with Crippen LogP contribution < -0.4 is 5.32 Å². The van der Waals surface area contributed by atoms with E-state index in [9.17, 15) is 9.59 Å². The third-order valence-corrected chi connectivity index (χ3v) is 4.22. The Morgan fingerprint density at radius 3 is 2.44 bits per heavy atom. The molecular weight excluding hydrogens is 320 g/mol. The van der Waals surface area contributed by atoms with Crippen LogP contribution in [0.1, 0.15) is 21.8 Å². The van der Waals surface area contributed by atoms with Gasteiger partial charge in [0, 0.05) is 43.5 Å². The molecule has 0 unspecified atom stereocenters. The largest absolute Gasteiger partial charge is 0.361 e. The van der Waals surface area contributed by atoms with E-state index in [0.717, 1.165) is 26.2 Å². The number of hydrogen-bond acceptors (Lipinski definition) is 5. The molecule has 1 aromatic carbocycles. The van der Waals surface area contributed by atoms with E-state index in [1.54, 1.807) is 37.3 Å². The molecule has 0 radical (unpaired) electrons. The third kappa shape index (κ3) is 4.45. The number of benzene rings is 1. The second-order valence-corrected chi connectivity index (χ2v) is 6.33.